The van der Waals surface area contributed by atoms with Crippen molar-refractivity contribution in [2.24, 2.45) is 50.7 Å². The van der Waals surface area contributed by atoms with E-state index in [-0.39, 0.29) is 23.2 Å². The van der Waals surface area contributed by atoms with Gasteiger partial charge in [-0.05, 0) is 161 Å². The first kappa shape index (κ1) is 32.7. The number of hydrogen-bond acceptors (Lipinski definition) is 4. The number of methoxy groups -OCH3 is 1. The number of carbonyl (C=O) groups excluding carboxylic acids is 1. The van der Waals surface area contributed by atoms with Crippen molar-refractivity contribution in [1.82, 2.24) is 0 Å². The van der Waals surface area contributed by atoms with E-state index in [1.165, 1.54) is 83.0 Å². The summed E-state index contributed by atoms with van der Waals surface area (Å²) in [5, 5.41) is 9.89. The number of fused-ring (bicyclic) bond motifs is 2. The average Bonchev–Trinajstić information content (AvgIpc) is 3.58. The van der Waals surface area contributed by atoms with Gasteiger partial charge in [0, 0.05) is 11.5 Å². The van der Waals surface area contributed by atoms with Crippen LogP contribution in [0, 0.1) is 50.7 Å². The molecule has 4 heteroatoms. The SMILES string of the molecule is COc1cc(C=CC(=O)O[C@H]2CC[C@]34C[C@]35CC[C@]3(C)[C@@H]([C@H](C)CCC(C)=C(C)C)CC[C@@]3(C)[C@@H]5CC[C@H]4C2(C)C)ccc1O. The topological polar surface area (TPSA) is 55.8 Å². The van der Waals surface area contributed by atoms with E-state index in [0.29, 0.717) is 33.3 Å². The second kappa shape index (κ2) is 11.2. The molecular weight excluding hydrogens is 556 g/mol. The van der Waals surface area contributed by atoms with Crippen molar-refractivity contribution in [3.63, 3.8) is 0 Å². The molecule has 4 nitrogen and oxygen atoms in total. The Labute approximate surface area is 273 Å². The van der Waals surface area contributed by atoms with Crippen molar-refractivity contribution in [3.05, 3.63) is 41.0 Å². The Bertz CT molecular complexity index is 1380. The molecule has 1 aromatic carbocycles. The van der Waals surface area contributed by atoms with Crippen LogP contribution in [-0.4, -0.2) is 24.3 Å². The third kappa shape index (κ3) is 4.85. The predicted molar refractivity (Wildman–Crippen MR) is 183 cm³/mol. The van der Waals surface area contributed by atoms with Crippen molar-refractivity contribution in [2.75, 3.05) is 7.11 Å². The maximum atomic E-state index is 13.1. The van der Waals surface area contributed by atoms with Gasteiger partial charge in [0.15, 0.2) is 11.5 Å². The van der Waals surface area contributed by atoms with E-state index in [1.807, 2.05) is 0 Å². The molecule has 2 spiro atoms. The Morgan fingerprint density at radius 2 is 1.67 bits per heavy atom. The molecule has 5 aliphatic carbocycles. The van der Waals surface area contributed by atoms with Gasteiger partial charge in [-0.2, -0.15) is 0 Å². The molecule has 1 aromatic rings. The van der Waals surface area contributed by atoms with Crippen LogP contribution in [0.3, 0.4) is 0 Å². The van der Waals surface area contributed by atoms with Gasteiger partial charge in [-0.1, -0.05) is 51.8 Å². The first-order valence-corrected chi connectivity index (χ1v) is 18.0. The van der Waals surface area contributed by atoms with Crippen LogP contribution < -0.4 is 4.74 Å². The molecule has 1 N–H and O–H groups in total. The van der Waals surface area contributed by atoms with Crippen molar-refractivity contribution in [1.29, 1.82) is 0 Å². The molecule has 9 atom stereocenters. The van der Waals surface area contributed by atoms with Crippen LogP contribution in [0.2, 0.25) is 0 Å². The van der Waals surface area contributed by atoms with Crippen LogP contribution in [-0.2, 0) is 9.53 Å². The summed E-state index contributed by atoms with van der Waals surface area (Å²) in [5.41, 5.74) is 5.69. The van der Waals surface area contributed by atoms with E-state index in [9.17, 15) is 9.90 Å². The molecule has 5 saturated carbocycles. The van der Waals surface area contributed by atoms with E-state index in [1.54, 1.807) is 29.8 Å². The van der Waals surface area contributed by atoms with Gasteiger partial charge >= 0.3 is 5.97 Å². The Morgan fingerprint density at radius 3 is 2.38 bits per heavy atom. The van der Waals surface area contributed by atoms with Gasteiger partial charge in [-0.15, -0.1) is 0 Å². The highest BCUT2D eigenvalue weighted by molar-refractivity contribution is 5.87. The lowest BCUT2D eigenvalue weighted by atomic mass is 9.41. The summed E-state index contributed by atoms with van der Waals surface area (Å²) in [5.74, 6) is 3.31. The molecule has 0 aliphatic heterocycles. The molecule has 0 bridgehead atoms. The van der Waals surface area contributed by atoms with Gasteiger partial charge in [-0.3, -0.25) is 0 Å². The molecule has 0 aromatic heterocycles. The minimum Gasteiger partial charge on any atom is -0.504 e. The van der Waals surface area contributed by atoms with Crippen LogP contribution in [0.4, 0.5) is 0 Å². The number of phenolic OH excluding ortho intramolecular Hbond substituents is 1. The average molecular weight is 617 g/mol. The molecule has 6 rings (SSSR count). The monoisotopic (exact) mass is 616 g/mol. The number of aromatic hydroxyl groups is 1. The minimum atomic E-state index is -0.276. The minimum absolute atomic E-state index is 0.0326. The molecular formula is C41H60O4. The summed E-state index contributed by atoms with van der Waals surface area (Å²) in [6.45, 7) is 19.7. The second-order valence-corrected chi connectivity index (χ2v) is 17.5. The normalized spacial score (nSPS) is 40.0. The number of allylic oxidation sites excluding steroid dienone is 2. The third-order valence-electron chi connectivity index (χ3n) is 15.5. The van der Waals surface area contributed by atoms with Gasteiger partial charge in [0.05, 0.1) is 7.11 Å². The molecule has 248 valence electrons. The van der Waals surface area contributed by atoms with E-state index < -0.39 is 0 Å². The standard InChI is InChI=1S/C41H60O4/c1-26(2)27(3)10-11-28(4)30-18-20-39(8)34-16-15-33-37(5,6)35(19-21-40(33)25-41(34,40)23-22-38(30,39)7)45-36(43)17-13-29-12-14-31(42)32(24-29)44-9/h12-14,17,24,28,30,33-35,42H,10-11,15-16,18-23,25H2,1-9H3/t28-,30-,33+,34+,35+,38-,39+,40-,41+/m1/s1. The number of hydrogen-bond donors (Lipinski definition) is 1. The summed E-state index contributed by atoms with van der Waals surface area (Å²) in [7, 11) is 1.53. The first-order chi connectivity index (χ1) is 21.1. The summed E-state index contributed by atoms with van der Waals surface area (Å²) < 4.78 is 11.5. The Balaban J connectivity index is 1.15. The molecule has 0 unspecified atom stereocenters. The molecule has 0 amide bonds. The van der Waals surface area contributed by atoms with Crippen molar-refractivity contribution >= 4 is 12.0 Å². The first-order valence-electron chi connectivity index (χ1n) is 18.0. The van der Waals surface area contributed by atoms with E-state index in [4.69, 9.17) is 9.47 Å². The zero-order chi connectivity index (χ0) is 32.6. The fourth-order valence-electron chi connectivity index (χ4n) is 12.5. The molecule has 0 saturated heterocycles. The Kier molecular flexibility index (Phi) is 8.13. The van der Waals surface area contributed by atoms with Crippen LogP contribution in [0.5, 0.6) is 11.5 Å². The van der Waals surface area contributed by atoms with Crippen LogP contribution in [0.15, 0.2) is 35.4 Å². The summed E-state index contributed by atoms with van der Waals surface area (Å²) in [6.07, 6.45) is 17.7. The highest BCUT2D eigenvalue weighted by atomic mass is 16.5. The maximum absolute atomic E-state index is 13.1. The zero-order valence-electron chi connectivity index (χ0n) is 29.7. The Morgan fingerprint density at radius 1 is 0.956 bits per heavy atom. The van der Waals surface area contributed by atoms with Crippen molar-refractivity contribution in [3.8, 4) is 11.5 Å². The molecule has 5 fully saturated rings. The lowest BCUT2D eigenvalue weighted by molar-refractivity contribution is -0.179. The van der Waals surface area contributed by atoms with Gasteiger partial charge < -0.3 is 14.6 Å². The summed E-state index contributed by atoms with van der Waals surface area (Å²) in [4.78, 5) is 13.1. The van der Waals surface area contributed by atoms with Gasteiger partial charge in [0.1, 0.15) is 6.10 Å². The number of phenols is 1. The quantitative estimate of drug-likeness (QED) is 0.179. The number of carbonyl (C=O) groups is 1. The fourth-order valence-corrected chi connectivity index (χ4v) is 12.5. The Hall–Kier alpha value is -2.23. The zero-order valence-corrected chi connectivity index (χ0v) is 29.7. The number of ether oxygens (including phenoxy) is 2. The van der Waals surface area contributed by atoms with Crippen molar-refractivity contribution < 1.29 is 19.4 Å². The van der Waals surface area contributed by atoms with Crippen LogP contribution >= 0.6 is 0 Å². The number of esters is 1. The molecule has 5 aliphatic rings. The largest absolute Gasteiger partial charge is 0.504 e. The number of benzene rings is 1. The second-order valence-electron chi connectivity index (χ2n) is 17.5. The number of rotatable bonds is 8. The van der Waals surface area contributed by atoms with E-state index in [0.717, 1.165) is 29.7 Å². The van der Waals surface area contributed by atoms with E-state index in [2.05, 4.69) is 55.4 Å². The highest BCUT2D eigenvalue weighted by Gasteiger charge is 2.82. The third-order valence-corrected chi connectivity index (χ3v) is 15.5. The maximum Gasteiger partial charge on any atom is 0.331 e. The van der Waals surface area contributed by atoms with Crippen molar-refractivity contribution in [2.45, 2.75) is 132 Å². The van der Waals surface area contributed by atoms with Gasteiger partial charge in [0.2, 0.25) is 0 Å². The van der Waals surface area contributed by atoms with Gasteiger partial charge in [0.25, 0.3) is 0 Å². The molecule has 0 heterocycles. The predicted octanol–water partition coefficient (Wildman–Crippen LogP) is 10.5. The van der Waals surface area contributed by atoms with Crippen LogP contribution in [0.1, 0.15) is 132 Å². The lowest BCUT2D eigenvalue weighted by Gasteiger charge is -2.63. The molecule has 0 radical (unpaired) electrons. The molecule has 45 heavy (non-hydrogen) atoms. The van der Waals surface area contributed by atoms with Crippen LogP contribution in [0.25, 0.3) is 6.08 Å². The summed E-state index contributed by atoms with van der Waals surface area (Å²) in [6, 6.07) is 5.09. The summed E-state index contributed by atoms with van der Waals surface area (Å²) >= 11 is 0. The van der Waals surface area contributed by atoms with E-state index >= 15 is 0 Å². The lowest BCUT2D eigenvalue weighted by Crippen LogP contribution is -2.58. The van der Waals surface area contributed by atoms with Gasteiger partial charge in [-0.25, -0.2) is 4.79 Å². The smallest absolute Gasteiger partial charge is 0.331 e. The fraction of sp³-hybridized carbons (Fsp3) is 0.732. The highest BCUT2D eigenvalue weighted by Crippen LogP contribution is 2.89.